The van der Waals surface area contributed by atoms with Gasteiger partial charge >= 0.3 is 0 Å². The molecule has 0 radical (unpaired) electrons. The van der Waals surface area contributed by atoms with Gasteiger partial charge < -0.3 is 10.6 Å². The molecule has 0 unspecified atom stereocenters. The number of thiocarbonyl (C=S) groups is 1. The van der Waals surface area contributed by atoms with E-state index in [0.29, 0.717) is 10.7 Å². The molecule has 0 saturated heterocycles. The maximum Gasteiger partial charge on any atom is 0.292 e. The van der Waals surface area contributed by atoms with Crippen molar-refractivity contribution < 1.29 is 4.92 Å². The molecule has 2 aromatic rings. The zero-order valence-electron chi connectivity index (χ0n) is 12.0. The summed E-state index contributed by atoms with van der Waals surface area (Å²) in [5, 5.41) is 17.8. The molecule has 0 spiro atoms. The van der Waals surface area contributed by atoms with Crippen molar-refractivity contribution in [1.29, 1.82) is 0 Å². The number of anilines is 2. The molecule has 2 rings (SSSR count). The van der Waals surface area contributed by atoms with E-state index in [-0.39, 0.29) is 10.8 Å². The Kier molecular flexibility index (Phi) is 4.95. The largest absolute Gasteiger partial charge is 0.332 e. The van der Waals surface area contributed by atoms with Crippen molar-refractivity contribution in [3.05, 3.63) is 62.7 Å². The number of nitrogens with zero attached hydrogens (tertiary/aromatic N) is 1. The quantitative estimate of drug-likeness (QED) is 0.484. The Bertz CT molecular complexity index is 750. The minimum absolute atomic E-state index is 0.0213. The summed E-state index contributed by atoms with van der Waals surface area (Å²) < 4.78 is 0. The summed E-state index contributed by atoms with van der Waals surface area (Å²) in [5.41, 5.74) is 2.84. The van der Waals surface area contributed by atoms with Gasteiger partial charge in [-0.05, 0) is 55.4 Å². The Morgan fingerprint density at radius 3 is 2.50 bits per heavy atom. The summed E-state index contributed by atoms with van der Waals surface area (Å²) in [4.78, 5) is 10.7. The third kappa shape index (κ3) is 3.93. The lowest BCUT2D eigenvalue weighted by Crippen LogP contribution is -2.20. The van der Waals surface area contributed by atoms with Crippen molar-refractivity contribution in [2.45, 2.75) is 13.8 Å². The van der Waals surface area contributed by atoms with E-state index >= 15 is 0 Å². The fraction of sp³-hybridized carbons (Fsp3) is 0.133. The van der Waals surface area contributed by atoms with E-state index in [1.807, 2.05) is 13.0 Å². The first-order valence-corrected chi connectivity index (χ1v) is 7.24. The van der Waals surface area contributed by atoms with Crippen molar-refractivity contribution in [1.82, 2.24) is 0 Å². The Labute approximate surface area is 138 Å². The second kappa shape index (κ2) is 6.72. The Hall–Kier alpha value is -2.18. The van der Waals surface area contributed by atoms with E-state index in [0.717, 1.165) is 16.8 Å². The third-order valence-electron chi connectivity index (χ3n) is 3.05. The molecule has 5 nitrogen and oxygen atoms in total. The number of aryl methyl sites for hydroxylation is 2. The number of nitrogens with one attached hydrogen (secondary N) is 2. The van der Waals surface area contributed by atoms with E-state index in [4.69, 9.17) is 23.8 Å². The van der Waals surface area contributed by atoms with Crippen LogP contribution in [0.4, 0.5) is 17.1 Å². The van der Waals surface area contributed by atoms with Crippen LogP contribution in [0.2, 0.25) is 5.02 Å². The maximum absolute atomic E-state index is 11.1. The molecule has 2 aromatic carbocycles. The summed E-state index contributed by atoms with van der Waals surface area (Å²) >= 11 is 11.2. The SMILES string of the molecule is Cc1ccc(NC(=S)Nc2cc(Cl)ccc2C)c([N+](=O)[O-])c1. The highest BCUT2D eigenvalue weighted by Crippen LogP contribution is 2.26. The highest BCUT2D eigenvalue weighted by atomic mass is 35.5. The minimum atomic E-state index is -0.442. The maximum atomic E-state index is 11.1. The van der Waals surface area contributed by atoms with Gasteiger partial charge in [-0.3, -0.25) is 10.1 Å². The molecular formula is C15H14ClN3O2S. The Morgan fingerprint density at radius 2 is 1.82 bits per heavy atom. The molecule has 0 atom stereocenters. The average molecular weight is 336 g/mol. The van der Waals surface area contributed by atoms with Gasteiger partial charge in [0.2, 0.25) is 0 Å². The van der Waals surface area contributed by atoms with Crippen LogP contribution in [0.25, 0.3) is 0 Å². The second-order valence-corrected chi connectivity index (χ2v) is 5.66. The second-order valence-electron chi connectivity index (χ2n) is 4.82. The lowest BCUT2D eigenvalue weighted by molar-refractivity contribution is -0.383. The molecule has 7 heteroatoms. The van der Waals surface area contributed by atoms with E-state index in [1.54, 1.807) is 31.2 Å². The summed E-state index contributed by atoms with van der Waals surface area (Å²) in [5.74, 6) is 0. The standard InChI is InChI=1S/C15H14ClN3O2S/c1-9-3-6-12(14(7-9)19(20)21)17-15(22)18-13-8-11(16)5-4-10(13)2/h3-8H,1-2H3,(H2,17,18,22). The molecule has 0 saturated carbocycles. The first-order chi connectivity index (χ1) is 10.4. The van der Waals surface area contributed by atoms with Crippen LogP contribution in [0, 0.1) is 24.0 Å². The van der Waals surface area contributed by atoms with Gasteiger partial charge in [0, 0.05) is 16.8 Å². The predicted octanol–water partition coefficient (Wildman–Crippen LogP) is 4.67. The number of hydrogen-bond donors (Lipinski definition) is 2. The van der Waals surface area contributed by atoms with Crippen LogP contribution >= 0.6 is 23.8 Å². The van der Waals surface area contributed by atoms with Crippen molar-refractivity contribution >= 4 is 46.0 Å². The van der Waals surface area contributed by atoms with E-state index in [1.165, 1.54) is 6.07 Å². The first-order valence-electron chi connectivity index (χ1n) is 6.46. The monoisotopic (exact) mass is 335 g/mol. The summed E-state index contributed by atoms with van der Waals surface area (Å²) in [6, 6.07) is 10.3. The highest BCUT2D eigenvalue weighted by Gasteiger charge is 2.15. The fourth-order valence-electron chi connectivity index (χ4n) is 1.90. The van der Waals surface area contributed by atoms with Crippen LogP contribution in [0.3, 0.4) is 0 Å². The van der Waals surface area contributed by atoms with Crippen LogP contribution < -0.4 is 10.6 Å². The summed E-state index contributed by atoms with van der Waals surface area (Å²) in [6.07, 6.45) is 0. The molecule has 0 amide bonds. The van der Waals surface area contributed by atoms with Crippen LogP contribution in [-0.2, 0) is 0 Å². The van der Waals surface area contributed by atoms with Crippen molar-refractivity contribution in [2.75, 3.05) is 10.6 Å². The molecule has 0 aliphatic carbocycles. The average Bonchev–Trinajstić information content (AvgIpc) is 2.44. The van der Waals surface area contributed by atoms with Crippen molar-refractivity contribution in [3.8, 4) is 0 Å². The molecule has 0 aliphatic rings. The lowest BCUT2D eigenvalue weighted by atomic mass is 10.2. The van der Waals surface area contributed by atoms with E-state index in [9.17, 15) is 10.1 Å². The van der Waals surface area contributed by atoms with Gasteiger partial charge in [0.25, 0.3) is 5.69 Å². The highest BCUT2D eigenvalue weighted by molar-refractivity contribution is 7.80. The van der Waals surface area contributed by atoms with Gasteiger partial charge in [-0.15, -0.1) is 0 Å². The van der Waals surface area contributed by atoms with Crippen molar-refractivity contribution in [2.24, 2.45) is 0 Å². The van der Waals surface area contributed by atoms with Crippen molar-refractivity contribution in [3.63, 3.8) is 0 Å². The number of rotatable bonds is 3. The topological polar surface area (TPSA) is 67.2 Å². The third-order valence-corrected chi connectivity index (χ3v) is 3.49. The van der Waals surface area contributed by atoms with Crippen LogP contribution in [0.1, 0.15) is 11.1 Å². The molecule has 0 bridgehead atoms. The summed E-state index contributed by atoms with van der Waals surface area (Å²) in [6.45, 7) is 3.71. The molecule has 0 fully saturated rings. The predicted molar refractivity (Wildman–Crippen MR) is 93.9 cm³/mol. The van der Waals surface area contributed by atoms with Gasteiger partial charge in [0.1, 0.15) is 5.69 Å². The van der Waals surface area contributed by atoms with Gasteiger partial charge in [0.05, 0.1) is 4.92 Å². The molecule has 0 heterocycles. The van der Waals surface area contributed by atoms with E-state index in [2.05, 4.69) is 10.6 Å². The zero-order valence-corrected chi connectivity index (χ0v) is 13.6. The number of halogens is 1. The van der Waals surface area contributed by atoms with Gasteiger partial charge in [-0.2, -0.15) is 0 Å². The van der Waals surface area contributed by atoms with Gasteiger partial charge in [-0.1, -0.05) is 23.7 Å². The number of hydrogen-bond acceptors (Lipinski definition) is 3. The lowest BCUT2D eigenvalue weighted by Gasteiger charge is -2.13. The zero-order chi connectivity index (χ0) is 16.3. The Morgan fingerprint density at radius 1 is 1.14 bits per heavy atom. The minimum Gasteiger partial charge on any atom is -0.332 e. The molecule has 0 aliphatic heterocycles. The first kappa shape index (κ1) is 16.2. The number of benzene rings is 2. The van der Waals surface area contributed by atoms with Crippen LogP contribution in [0.5, 0.6) is 0 Å². The fourth-order valence-corrected chi connectivity index (χ4v) is 2.30. The van der Waals surface area contributed by atoms with Gasteiger partial charge in [-0.25, -0.2) is 0 Å². The number of nitro groups is 1. The Balaban J connectivity index is 2.19. The van der Waals surface area contributed by atoms with Crippen LogP contribution in [0.15, 0.2) is 36.4 Å². The molecule has 114 valence electrons. The smallest absolute Gasteiger partial charge is 0.292 e. The summed E-state index contributed by atoms with van der Waals surface area (Å²) in [7, 11) is 0. The van der Waals surface area contributed by atoms with Crippen LogP contribution in [-0.4, -0.2) is 10.0 Å². The molecule has 22 heavy (non-hydrogen) atoms. The van der Waals surface area contributed by atoms with E-state index < -0.39 is 4.92 Å². The molecular weight excluding hydrogens is 322 g/mol. The normalized spacial score (nSPS) is 10.1. The van der Waals surface area contributed by atoms with Gasteiger partial charge in [0.15, 0.2) is 5.11 Å². The molecule has 2 N–H and O–H groups in total. The molecule has 0 aromatic heterocycles. The number of nitro benzene ring substituents is 1.